The van der Waals surface area contributed by atoms with Gasteiger partial charge in [-0.3, -0.25) is 10.5 Å². The third kappa shape index (κ3) is 3.38. The van der Waals surface area contributed by atoms with E-state index in [9.17, 15) is 8.78 Å². The van der Waals surface area contributed by atoms with Crippen LogP contribution in [0.3, 0.4) is 0 Å². The molecule has 21 heavy (non-hydrogen) atoms. The first-order chi connectivity index (χ1) is 10.1. The summed E-state index contributed by atoms with van der Waals surface area (Å²) >= 11 is 6.13. The van der Waals surface area contributed by atoms with Gasteiger partial charge in [-0.15, -0.1) is 0 Å². The fourth-order valence-electron chi connectivity index (χ4n) is 2.04. The van der Waals surface area contributed by atoms with Gasteiger partial charge in [-0.1, -0.05) is 17.7 Å². The van der Waals surface area contributed by atoms with Crippen molar-refractivity contribution < 1.29 is 13.5 Å². The molecule has 0 fully saturated rings. The lowest BCUT2D eigenvalue weighted by Gasteiger charge is -2.19. The predicted molar refractivity (Wildman–Crippen MR) is 74.6 cm³/mol. The van der Waals surface area contributed by atoms with Crippen molar-refractivity contribution in [1.29, 1.82) is 0 Å². The summed E-state index contributed by atoms with van der Waals surface area (Å²) in [6.07, 6.45) is 1.47. The van der Waals surface area contributed by atoms with Gasteiger partial charge in [-0.05, 0) is 17.7 Å². The molecule has 0 radical (unpaired) electrons. The van der Waals surface area contributed by atoms with Crippen LogP contribution in [0.5, 0.6) is 0 Å². The average molecular weight is 317 g/mol. The highest BCUT2D eigenvalue weighted by atomic mass is 35.5. The van der Waals surface area contributed by atoms with Crippen molar-refractivity contribution in [3.05, 3.63) is 52.3 Å². The fraction of sp³-hybridized carbons (Fsp3) is 0.308. The number of nitrogens with one attached hydrogen (secondary N) is 1. The summed E-state index contributed by atoms with van der Waals surface area (Å²) in [6, 6.07) is 2.93. The van der Waals surface area contributed by atoms with E-state index in [0.717, 1.165) is 12.1 Å². The van der Waals surface area contributed by atoms with Gasteiger partial charge in [-0.25, -0.2) is 14.2 Å². The fourth-order valence-corrected chi connectivity index (χ4v) is 2.29. The Labute approximate surface area is 125 Å². The zero-order valence-corrected chi connectivity index (χ0v) is 12.1. The van der Waals surface area contributed by atoms with Crippen molar-refractivity contribution in [1.82, 2.24) is 15.2 Å². The zero-order valence-electron chi connectivity index (χ0n) is 11.3. The molecule has 8 heteroatoms. The lowest BCUT2D eigenvalue weighted by atomic mass is 10.0. The average Bonchev–Trinajstić information content (AvgIpc) is 2.83. The van der Waals surface area contributed by atoms with Crippen LogP contribution in [0.4, 0.5) is 8.78 Å². The first-order valence-electron chi connectivity index (χ1n) is 6.19. The minimum Gasteiger partial charge on any atom is -0.383 e. The summed E-state index contributed by atoms with van der Waals surface area (Å²) in [5, 5.41) is 4.50. The summed E-state index contributed by atoms with van der Waals surface area (Å²) in [6.45, 7) is 0.889. The minimum absolute atomic E-state index is 0.374. The van der Waals surface area contributed by atoms with Crippen LogP contribution in [0.2, 0.25) is 5.02 Å². The number of aromatic nitrogens is 2. The molecule has 2 aromatic rings. The maximum absolute atomic E-state index is 13.4. The molecule has 5 nitrogen and oxygen atoms in total. The molecule has 2 rings (SSSR count). The van der Waals surface area contributed by atoms with Crippen LogP contribution >= 0.6 is 11.6 Å². The lowest BCUT2D eigenvalue weighted by molar-refractivity contribution is 0.182. The number of rotatable bonds is 6. The molecule has 0 spiro atoms. The van der Waals surface area contributed by atoms with Gasteiger partial charge in [0.2, 0.25) is 0 Å². The second kappa shape index (κ2) is 6.95. The standard InChI is InChI=1S/C13H15ClF2N4O/c1-21-5-4-20-13(9(14)7-18-20)12(19-17)8-2-3-10(15)11(16)6-8/h2-3,6-7,12,19H,4-5,17H2,1H3. The van der Waals surface area contributed by atoms with Crippen LogP contribution in [0.25, 0.3) is 0 Å². The van der Waals surface area contributed by atoms with Crippen molar-refractivity contribution in [3.63, 3.8) is 0 Å². The van der Waals surface area contributed by atoms with Crippen molar-refractivity contribution in [2.45, 2.75) is 12.6 Å². The van der Waals surface area contributed by atoms with E-state index < -0.39 is 17.7 Å². The Morgan fingerprint density at radius 3 is 2.81 bits per heavy atom. The number of hydrazine groups is 1. The van der Waals surface area contributed by atoms with Crippen molar-refractivity contribution >= 4 is 11.6 Å². The number of ether oxygens (including phenoxy) is 1. The summed E-state index contributed by atoms with van der Waals surface area (Å²) in [5.41, 5.74) is 3.55. The van der Waals surface area contributed by atoms with E-state index in [1.54, 1.807) is 11.8 Å². The molecule has 114 valence electrons. The Morgan fingerprint density at radius 1 is 1.43 bits per heavy atom. The number of methoxy groups -OCH3 is 1. The summed E-state index contributed by atoms with van der Waals surface area (Å²) < 4.78 is 33.1. The molecule has 0 saturated heterocycles. The number of benzene rings is 1. The number of nitrogens with two attached hydrogens (primary N) is 1. The third-order valence-electron chi connectivity index (χ3n) is 3.06. The van der Waals surface area contributed by atoms with Gasteiger partial charge in [0.15, 0.2) is 11.6 Å². The maximum atomic E-state index is 13.4. The van der Waals surface area contributed by atoms with Crippen LogP contribution in [0.15, 0.2) is 24.4 Å². The van der Waals surface area contributed by atoms with Crippen molar-refractivity contribution in [2.24, 2.45) is 5.84 Å². The molecule has 1 unspecified atom stereocenters. The van der Waals surface area contributed by atoms with E-state index in [1.807, 2.05) is 0 Å². The summed E-state index contributed by atoms with van der Waals surface area (Å²) in [5.74, 6) is 3.68. The van der Waals surface area contributed by atoms with E-state index >= 15 is 0 Å². The highest BCUT2D eigenvalue weighted by Crippen LogP contribution is 2.28. The molecule has 3 N–H and O–H groups in total. The Kier molecular flexibility index (Phi) is 5.24. The second-order valence-corrected chi connectivity index (χ2v) is 4.77. The summed E-state index contributed by atoms with van der Waals surface area (Å²) in [4.78, 5) is 0. The van der Waals surface area contributed by atoms with Gasteiger partial charge in [0.05, 0.1) is 36.1 Å². The molecule has 0 aliphatic heterocycles. The number of hydrogen-bond donors (Lipinski definition) is 2. The molecule has 0 aliphatic rings. The van der Waals surface area contributed by atoms with E-state index in [2.05, 4.69) is 10.5 Å². The van der Waals surface area contributed by atoms with E-state index in [1.165, 1.54) is 12.3 Å². The highest BCUT2D eigenvalue weighted by molar-refractivity contribution is 6.31. The highest BCUT2D eigenvalue weighted by Gasteiger charge is 2.22. The van der Waals surface area contributed by atoms with Gasteiger partial charge < -0.3 is 4.74 Å². The quantitative estimate of drug-likeness (QED) is 0.632. The van der Waals surface area contributed by atoms with E-state index in [-0.39, 0.29) is 0 Å². The molecule has 0 bridgehead atoms. The zero-order chi connectivity index (χ0) is 15.4. The van der Waals surface area contributed by atoms with Gasteiger partial charge in [-0.2, -0.15) is 5.10 Å². The molecule has 1 aromatic heterocycles. The molecule has 1 heterocycles. The van der Waals surface area contributed by atoms with Gasteiger partial charge in [0.25, 0.3) is 0 Å². The molecular formula is C13H15ClF2N4O. The Hall–Kier alpha value is -1.54. The molecule has 0 amide bonds. The SMILES string of the molecule is COCCn1ncc(Cl)c1C(NN)c1ccc(F)c(F)c1. The van der Waals surface area contributed by atoms with Crippen molar-refractivity contribution in [2.75, 3.05) is 13.7 Å². The first kappa shape index (κ1) is 15.8. The van der Waals surface area contributed by atoms with Crippen LogP contribution in [0.1, 0.15) is 17.3 Å². The number of halogens is 3. The number of nitrogens with zero attached hydrogens (tertiary/aromatic N) is 2. The monoisotopic (exact) mass is 316 g/mol. The van der Waals surface area contributed by atoms with E-state index in [4.69, 9.17) is 22.2 Å². The van der Waals surface area contributed by atoms with E-state index in [0.29, 0.717) is 29.4 Å². The van der Waals surface area contributed by atoms with Crippen molar-refractivity contribution in [3.8, 4) is 0 Å². The smallest absolute Gasteiger partial charge is 0.159 e. The Balaban J connectivity index is 2.40. The van der Waals surface area contributed by atoms with Gasteiger partial charge >= 0.3 is 0 Å². The maximum Gasteiger partial charge on any atom is 0.159 e. The summed E-state index contributed by atoms with van der Waals surface area (Å²) in [7, 11) is 1.57. The third-order valence-corrected chi connectivity index (χ3v) is 3.35. The van der Waals surface area contributed by atoms with Crippen LogP contribution in [0, 0.1) is 11.6 Å². The Morgan fingerprint density at radius 2 is 2.19 bits per heavy atom. The van der Waals surface area contributed by atoms with Gasteiger partial charge in [0, 0.05) is 7.11 Å². The van der Waals surface area contributed by atoms with Crippen LogP contribution in [-0.4, -0.2) is 23.5 Å². The Bertz CT molecular complexity index is 620. The topological polar surface area (TPSA) is 65.1 Å². The second-order valence-electron chi connectivity index (χ2n) is 4.37. The normalized spacial score (nSPS) is 12.6. The number of hydrogen-bond acceptors (Lipinski definition) is 4. The van der Waals surface area contributed by atoms with Gasteiger partial charge in [0.1, 0.15) is 0 Å². The molecule has 1 aromatic carbocycles. The first-order valence-corrected chi connectivity index (χ1v) is 6.57. The van der Waals surface area contributed by atoms with Crippen LogP contribution < -0.4 is 11.3 Å². The molecular weight excluding hydrogens is 302 g/mol. The molecule has 1 atom stereocenters. The minimum atomic E-state index is -0.952. The lowest BCUT2D eigenvalue weighted by Crippen LogP contribution is -2.31. The largest absolute Gasteiger partial charge is 0.383 e. The predicted octanol–water partition coefficient (Wildman–Crippen LogP) is 2.01. The molecule has 0 aliphatic carbocycles. The molecule has 0 saturated carbocycles. The van der Waals surface area contributed by atoms with Crippen LogP contribution in [-0.2, 0) is 11.3 Å².